The molecular formula is C25H24N2O7. The molecule has 3 rings (SSSR count). The molecule has 0 saturated heterocycles. The van der Waals surface area contributed by atoms with Crippen LogP contribution in [0, 0.1) is 10.1 Å². The number of amides is 1. The van der Waals surface area contributed by atoms with Crippen LogP contribution in [-0.2, 0) is 14.4 Å². The zero-order chi connectivity index (χ0) is 24.7. The summed E-state index contributed by atoms with van der Waals surface area (Å²) in [6, 6.07) is 13.6. The number of unbranched alkanes of at least 4 members (excludes halogenated alkanes) is 2. The molecule has 34 heavy (non-hydrogen) atoms. The van der Waals surface area contributed by atoms with Crippen molar-refractivity contribution in [2.24, 2.45) is 0 Å². The molecule has 0 spiro atoms. The van der Waals surface area contributed by atoms with Gasteiger partial charge in [-0.3, -0.25) is 24.5 Å². The van der Waals surface area contributed by atoms with Crippen LogP contribution in [0.25, 0.3) is 6.08 Å². The van der Waals surface area contributed by atoms with Gasteiger partial charge in [-0.1, -0.05) is 42.8 Å². The third-order valence-electron chi connectivity index (χ3n) is 5.51. The monoisotopic (exact) mass is 464 g/mol. The fraction of sp³-hybridized carbons (Fsp3) is 0.240. The number of carboxylic acids is 1. The molecule has 0 aliphatic carbocycles. The standard InChI is InChI=1S/C25H24N2O7/c28-20(15-10-17-7-3-1-4-8-17)22-23(18-11-13-19(14-12-18)27(33)34)26(25(32)24(22)31)16-6-2-5-9-21(29)30/h1,3-4,7-8,10-15,23,31H,2,5-6,9,16H2,(H,29,30)/b15-10+/t23-/m0/s1. The van der Waals surface area contributed by atoms with Crippen molar-refractivity contribution in [1.29, 1.82) is 0 Å². The van der Waals surface area contributed by atoms with Crippen molar-refractivity contribution in [2.75, 3.05) is 6.54 Å². The molecular weight excluding hydrogens is 440 g/mol. The lowest BCUT2D eigenvalue weighted by atomic mass is 9.95. The number of carbonyl (C=O) groups is 3. The molecule has 1 aliphatic rings. The van der Waals surface area contributed by atoms with Gasteiger partial charge in [0.25, 0.3) is 11.6 Å². The van der Waals surface area contributed by atoms with E-state index in [0.717, 1.165) is 5.56 Å². The molecule has 1 heterocycles. The summed E-state index contributed by atoms with van der Waals surface area (Å²) >= 11 is 0. The minimum atomic E-state index is -0.916. The molecule has 2 aromatic carbocycles. The average molecular weight is 464 g/mol. The van der Waals surface area contributed by atoms with E-state index in [-0.39, 0.29) is 24.2 Å². The SMILES string of the molecule is O=C(O)CCCCCN1C(=O)C(O)=C(C(=O)/C=C/c2ccccc2)[C@@H]1c1ccc([N+](=O)[O-])cc1. The quantitative estimate of drug-likeness (QED) is 0.220. The van der Waals surface area contributed by atoms with Gasteiger partial charge in [0.1, 0.15) is 0 Å². The van der Waals surface area contributed by atoms with Crippen LogP contribution >= 0.6 is 0 Å². The Labute approximate surface area is 195 Å². The molecule has 2 N–H and O–H groups in total. The highest BCUT2D eigenvalue weighted by Gasteiger charge is 2.42. The van der Waals surface area contributed by atoms with E-state index in [1.54, 1.807) is 18.2 Å². The van der Waals surface area contributed by atoms with E-state index in [4.69, 9.17) is 5.11 Å². The highest BCUT2D eigenvalue weighted by molar-refractivity contribution is 6.14. The lowest BCUT2D eigenvalue weighted by Gasteiger charge is -2.26. The van der Waals surface area contributed by atoms with Gasteiger partial charge in [0.2, 0.25) is 0 Å². The van der Waals surface area contributed by atoms with E-state index in [0.29, 0.717) is 24.8 Å². The number of nitrogens with zero attached hydrogens (tertiary/aromatic N) is 2. The molecule has 9 nitrogen and oxygen atoms in total. The minimum absolute atomic E-state index is 0.0112. The maximum atomic E-state index is 13.1. The molecule has 1 atom stereocenters. The Balaban J connectivity index is 1.88. The molecule has 1 aliphatic heterocycles. The minimum Gasteiger partial charge on any atom is -0.503 e. The molecule has 0 aromatic heterocycles. The highest BCUT2D eigenvalue weighted by Crippen LogP contribution is 2.38. The van der Waals surface area contributed by atoms with E-state index in [1.807, 2.05) is 18.2 Å². The Bertz CT molecular complexity index is 1140. The molecule has 1 amide bonds. The van der Waals surface area contributed by atoms with Crippen molar-refractivity contribution in [1.82, 2.24) is 4.90 Å². The van der Waals surface area contributed by atoms with E-state index in [2.05, 4.69) is 0 Å². The Morgan fingerprint density at radius 1 is 1.03 bits per heavy atom. The summed E-state index contributed by atoms with van der Waals surface area (Å²) in [5.74, 6) is -2.82. The Morgan fingerprint density at radius 2 is 1.71 bits per heavy atom. The number of non-ortho nitro benzene ring substituents is 1. The van der Waals surface area contributed by atoms with Gasteiger partial charge in [-0.2, -0.15) is 0 Å². The summed E-state index contributed by atoms with van der Waals surface area (Å²) < 4.78 is 0. The lowest BCUT2D eigenvalue weighted by Crippen LogP contribution is -2.32. The van der Waals surface area contributed by atoms with Gasteiger partial charge >= 0.3 is 5.97 Å². The Hall–Kier alpha value is -4.27. The summed E-state index contributed by atoms with van der Waals surface area (Å²) in [5, 5.41) is 30.4. The van der Waals surface area contributed by atoms with Gasteiger partial charge in [-0.05, 0) is 42.2 Å². The van der Waals surface area contributed by atoms with Crippen LogP contribution < -0.4 is 0 Å². The number of carbonyl (C=O) groups excluding carboxylic acids is 2. The second-order valence-corrected chi connectivity index (χ2v) is 7.82. The number of ketones is 1. The van der Waals surface area contributed by atoms with Crippen LogP contribution in [0.15, 0.2) is 72.0 Å². The number of allylic oxidation sites excluding steroid dienone is 1. The molecule has 0 bridgehead atoms. The zero-order valence-electron chi connectivity index (χ0n) is 18.3. The Kier molecular flexibility index (Phi) is 7.92. The summed E-state index contributed by atoms with van der Waals surface area (Å²) in [4.78, 5) is 48.5. The first kappa shape index (κ1) is 24.4. The van der Waals surface area contributed by atoms with Crippen LogP contribution in [0.5, 0.6) is 0 Å². The van der Waals surface area contributed by atoms with Crippen molar-refractivity contribution in [2.45, 2.75) is 31.7 Å². The summed E-state index contributed by atoms with van der Waals surface area (Å²) in [6.45, 7) is 0.184. The summed E-state index contributed by atoms with van der Waals surface area (Å²) in [5.41, 5.74) is 0.974. The fourth-order valence-corrected chi connectivity index (χ4v) is 3.82. The van der Waals surface area contributed by atoms with Crippen LogP contribution in [0.3, 0.4) is 0 Å². The second-order valence-electron chi connectivity index (χ2n) is 7.82. The van der Waals surface area contributed by atoms with Crippen LogP contribution in [-0.4, -0.2) is 44.2 Å². The number of aliphatic carboxylic acids is 1. The van der Waals surface area contributed by atoms with Crippen molar-refractivity contribution < 1.29 is 29.5 Å². The maximum Gasteiger partial charge on any atom is 0.303 e. The summed E-state index contributed by atoms with van der Waals surface area (Å²) in [6.07, 6.45) is 4.32. The number of nitro benzene ring substituents is 1. The first-order valence-electron chi connectivity index (χ1n) is 10.8. The fourth-order valence-electron chi connectivity index (χ4n) is 3.82. The maximum absolute atomic E-state index is 13.1. The Morgan fingerprint density at radius 3 is 2.32 bits per heavy atom. The van der Waals surface area contributed by atoms with Gasteiger partial charge in [0.15, 0.2) is 11.5 Å². The number of carboxylic acid groups (broad SMARTS) is 1. The third-order valence-corrected chi connectivity index (χ3v) is 5.51. The molecule has 2 aromatic rings. The van der Waals surface area contributed by atoms with E-state index in [1.165, 1.54) is 35.2 Å². The number of aliphatic hydroxyl groups excluding tert-OH is 1. The van der Waals surface area contributed by atoms with Crippen molar-refractivity contribution in [3.63, 3.8) is 0 Å². The zero-order valence-corrected chi connectivity index (χ0v) is 18.3. The first-order valence-corrected chi connectivity index (χ1v) is 10.8. The third kappa shape index (κ3) is 5.74. The van der Waals surface area contributed by atoms with Crippen molar-refractivity contribution in [3.05, 3.63) is 93.2 Å². The van der Waals surface area contributed by atoms with Gasteiger partial charge < -0.3 is 15.1 Å². The van der Waals surface area contributed by atoms with Gasteiger partial charge in [-0.25, -0.2) is 0 Å². The number of aliphatic hydroxyl groups is 1. The molecule has 176 valence electrons. The predicted octanol–water partition coefficient (Wildman–Crippen LogP) is 4.22. The normalized spacial score (nSPS) is 15.8. The largest absolute Gasteiger partial charge is 0.503 e. The molecule has 9 heteroatoms. The highest BCUT2D eigenvalue weighted by atomic mass is 16.6. The number of nitro groups is 1. The van der Waals surface area contributed by atoms with E-state index < -0.39 is 34.4 Å². The average Bonchev–Trinajstić information content (AvgIpc) is 3.08. The number of benzene rings is 2. The predicted molar refractivity (Wildman–Crippen MR) is 124 cm³/mol. The summed E-state index contributed by atoms with van der Waals surface area (Å²) in [7, 11) is 0. The van der Waals surface area contributed by atoms with Crippen molar-refractivity contribution in [3.8, 4) is 0 Å². The molecule has 0 saturated carbocycles. The van der Waals surface area contributed by atoms with Crippen molar-refractivity contribution >= 4 is 29.4 Å². The first-order chi connectivity index (χ1) is 16.3. The molecule has 0 radical (unpaired) electrons. The van der Waals surface area contributed by atoms with E-state index >= 15 is 0 Å². The molecule has 0 fully saturated rings. The number of hydrogen-bond donors (Lipinski definition) is 2. The number of hydrogen-bond acceptors (Lipinski definition) is 6. The lowest BCUT2D eigenvalue weighted by molar-refractivity contribution is -0.384. The topological polar surface area (TPSA) is 138 Å². The van der Waals surface area contributed by atoms with E-state index in [9.17, 15) is 29.6 Å². The van der Waals surface area contributed by atoms with Crippen LogP contribution in [0.4, 0.5) is 5.69 Å². The van der Waals surface area contributed by atoms with Gasteiger partial charge in [0, 0.05) is 25.1 Å². The van der Waals surface area contributed by atoms with Gasteiger partial charge in [0.05, 0.1) is 16.5 Å². The number of rotatable bonds is 11. The second kappa shape index (κ2) is 11.0. The smallest absolute Gasteiger partial charge is 0.303 e. The van der Waals surface area contributed by atoms with Gasteiger partial charge in [-0.15, -0.1) is 0 Å². The van der Waals surface area contributed by atoms with Crippen LogP contribution in [0.1, 0.15) is 42.9 Å². The molecule has 0 unspecified atom stereocenters. The van der Waals surface area contributed by atoms with Crippen LogP contribution in [0.2, 0.25) is 0 Å².